The maximum atomic E-state index is 8.81. The van der Waals surface area contributed by atoms with E-state index in [0.29, 0.717) is 0 Å². The van der Waals surface area contributed by atoms with Crippen molar-refractivity contribution in [2.24, 2.45) is 0 Å². The largest absolute Gasteiger partial charge is 0.395 e. The van der Waals surface area contributed by atoms with Gasteiger partial charge in [0, 0.05) is 11.4 Å². The van der Waals surface area contributed by atoms with Gasteiger partial charge in [-0.2, -0.15) is 0 Å². The monoisotopic (exact) mass is 248 g/mol. The average molecular weight is 249 g/mol. The Hall–Kier alpha value is -0.130. The molecule has 0 aliphatic carbocycles. The van der Waals surface area contributed by atoms with Crippen molar-refractivity contribution in [3.05, 3.63) is 17.0 Å². The molecule has 5 heteroatoms. The molecule has 1 aromatic rings. The first-order chi connectivity index (χ1) is 5.74. The van der Waals surface area contributed by atoms with Gasteiger partial charge in [-0.15, -0.1) is 0 Å². The van der Waals surface area contributed by atoms with Gasteiger partial charge in [0.15, 0.2) is 0 Å². The van der Waals surface area contributed by atoms with Crippen molar-refractivity contribution in [1.29, 1.82) is 0 Å². The fourth-order valence-electron chi connectivity index (χ4n) is 0.616. The summed E-state index contributed by atoms with van der Waals surface area (Å²) in [6.45, 7) is 2.10. The molecule has 66 valence electrons. The molecule has 0 bridgehead atoms. The minimum atomic E-state index is 0.154. The molecule has 1 unspecified atom stereocenters. The van der Waals surface area contributed by atoms with Gasteiger partial charge in [0.1, 0.15) is 11.4 Å². The number of rotatable bonds is 3. The number of halogens is 1. The maximum absolute atomic E-state index is 8.81. The summed E-state index contributed by atoms with van der Waals surface area (Å²) in [5, 5.41) is 9.84. The molecular weight excluding hydrogens is 240 g/mol. The van der Waals surface area contributed by atoms with Crippen LogP contribution in [0.2, 0.25) is 0 Å². The SMILES string of the molecule is CC(CO)Sc1ncncc1Br. The standard InChI is InChI=1S/C7H9BrN2OS/c1-5(3-11)12-7-6(8)2-9-4-10-7/h2,4-5,11H,3H2,1H3. The maximum Gasteiger partial charge on any atom is 0.116 e. The summed E-state index contributed by atoms with van der Waals surface area (Å²) < 4.78 is 0.871. The van der Waals surface area contributed by atoms with E-state index in [9.17, 15) is 0 Å². The van der Waals surface area contributed by atoms with Crippen molar-refractivity contribution in [1.82, 2.24) is 9.97 Å². The second-order valence-corrected chi connectivity index (χ2v) is 4.57. The Labute approximate surface area is 83.8 Å². The van der Waals surface area contributed by atoms with Gasteiger partial charge in [-0.1, -0.05) is 18.7 Å². The fourth-order valence-corrected chi connectivity index (χ4v) is 1.85. The summed E-state index contributed by atoms with van der Waals surface area (Å²) in [6, 6.07) is 0. The third-order valence-electron chi connectivity index (χ3n) is 1.20. The normalized spacial score (nSPS) is 12.9. The van der Waals surface area contributed by atoms with Crippen LogP contribution >= 0.6 is 27.7 Å². The highest BCUT2D eigenvalue weighted by molar-refractivity contribution is 9.10. The molecule has 1 aromatic heterocycles. The molecular formula is C7H9BrN2OS. The summed E-state index contributed by atoms with van der Waals surface area (Å²) in [6.07, 6.45) is 3.19. The van der Waals surface area contributed by atoms with Gasteiger partial charge in [-0.25, -0.2) is 9.97 Å². The highest BCUT2D eigenvalue weighted by Gasteiger charge is 2.06. The summed E-state index contributed by atoms with van der Waals surface area (Å²) >= 11 is 4.85. The number of aliphatic hydroxyl groups is 1. The van der Waals surface area contributed by atoms with Crippen molar-refractivity contribution in [3.63, 3.8) is 0 Å². The van der Waals surface area contributed by atoms with Crippen molar-refractivity contribution < 1.29 is 5.11 Å². The van der Waals surface area contributed by atoms with Gasteiger partial charge >= 0.3 is 0 Å². The van der Waals surface area contributed by atoms with Crippen molar-refractivity contribution >= 4 is 27.7 Å². The molecule has 1 N–H and O–H groups in total. The Morgan fingerprint density at radius 2 is 2.50 bits per heavy atom. The predicted molar refractivity (Wildman–Crippen MR) is 52.1 cm³/mol. The first kappa shape index (κ1) is 9.95. The van der Waals surface area contributed by atoms with Gasteiger partial charge < -0.3 is 5.11 Å². The molecule has 3 nitrogen and oxygen atoms in total. The molecule has 0 spiro atoms. The van der Waals surface area contributed by atoms with Gasteiger partial charge in [-0.05, 0) is 15.9 Å². The molecule has 12 heavy (non-hydrogen) atoms. The minimum absolute atomic E-state index is 0.154. The number of aliphatic hydroxyl groups excluding tert-OH is 1. The van der Waals surface area contributed by atoms with Crippen LogP contribution in [0.3, 0.4) is 0 Å². The van der Waals surface area contributed by atoms with Crippen LogP contribution in [0.1, 0.15) is 6.92 Å². The molecule has 0 fully saturated rings. The van der Waals surface area contributed by atoms with E-state index in [2.05, 4.69) is 25.9 Å². The van der Waals surface area contributed by atoms with E-state index in [-0.39, 0.29) is 11.9 Å². The first-order valence-electron chi connectivity index (χ1n) is 3.47. The van der Waals surface area contributed by atoms with Gasteiger partial charge in [0.2, 0.25) is 0 Å². The second-order valence-electron chi connectivity index (χ2n) is 2.29. The van der Waals surface area contributed by atoms with Crippen molar-refractivity contribution in [2.75, 3.05) is 6.61 Å². The Morgan fingerprint density at radius 3 is 3.08 bits per heavy atom. The Morgan fingerprint density at radius 1 is 1.75 bits per heavy atom. The Kier molecular flexibility index (Phi) is 3.97. The quantitative estimate of drug-likeness (QED) is 0.654. The third-order valence-corrected chi connectivity index (χ3v) is 3.15. The summed E-state index contributed by atoms with van der Waals surface area (Å²) in [7, 11) is 0. The van der Waals surface area contributed by atoms with Gasteiger partial charge in [0.05, 0.1) is 11.1 Å². The van der Waals surface area contributed by atoms with E-state index in [1.54, 1.807) is 6.20 Å². The van der Waals surface area contributed by atoms with Crippen molar-refractivity contribution in [3.8, 4) is 0 Å². The summed E-state index contributed by atoms with van der Waals surface area (Å²) in [5.41, 5.74) is 0. The van der Waals surface area contributed by atoms with Crippen LogP contribution in [0.4, 0.5) is 0 Å². The van der Waals surface area contributed by atoms with E-state index in [4.69, 9.17) is 5.11 Å². The van der Waals surface area contributed by atoms with Gasteiger partial charge in [0.25, 0.3) is 0 Å². The molecule has 0 aliphatic heterocycles. The lowest BCUT2D eigenvalue weighted by molar-refractivity contribution is 0.300. The lowest BCUT2D eigenvalue weighted by Crippen LogP contribution is -2.02. The number of aromatic nitrogens is 2. The number of nitrogens with zero attached hydrogens (tertiary/aromatic N) is 2. The van der Waals surface area contributed by atoms with Crippen LogP contribution in [-0.4, -0.2) is 26.9 Å². The fraction of sp³-hybridized carbons (Fsp3) is 0.429. The van der Waals surface area contributed by atoms with Crippen LogP contribution in [-0.2, 0) is 0 Å². The van der Waals surface area contributed by atoms with Crippen LogP contribution in [0.15, 0.2) is 22.0 Å². The Bertz CT molecular complexity index is 259. The zero-order valence-electron chi connectivity index (χ0n) is 6.57. The molecule has 0 saturated heterocycles. The molecule has 1 rings (SSSR count). The molecule has 1 heterocycles. The smallest absolute Gasteiger partial charge is 0.116 e. The van der Waals surface area contributed by atoms with Crippen LogP contribution < -0.4 is 0 Å². The van der Waals surface area contributed by atoms with Crippen LogP contribution in [0, 0.1) is 0 Å². The molecule has 0 radical (unpaired) electrons. The summed E-state index contributed by atoms with van der Waals surface area (Å²) in [4.78, 5) is 7.90. The van der Waals surface area contributed by atoms with E-state index in [1.807, 2.05) is 6.92 Å². The highest BCUT2D eigenvalue weighted by Crippen LogP contribution is 2.26. The predicted octanol–water partition coefficient (Wildman–Crippen LogP) is 1.71. The van der Waals surface area contributed by atoms with Crippen molar-refractivity contribution in [2.45, 2.75) is 17.2 Å². The molecule has 0 aliphatic rings. The topological polar surface area (TPSA) is 46.0 Å². The van der Waals surface area contributed by atoms with Gasteiger partial charge in [-0.3, -0.25) is 0 Å². The molecule has 0 aromatic carbocycles. The van der Waals surface area contributed by atoms with Crippen LogP contribution in [0.25, 0.3) is 0 Å². The van der Waals surface area contributed by atoms with E-state index in [0.717, 1.165) is 9.50 Å². The minimum Gasteiger partial charge on any atom is -0.395 e. The zero-order valence-corrected chi connectivity index (χ0v) is 8.97. The molecule has 1 atom stereocenters. The number of hydrogen-bond donors (Lipinski definition) is 1. The first-order valence-corrected chi connectivity index (χ1v) is 5.14. The zero-order chi connectivity index (χ0) is 8.97. The average Bonchev–Trinajstić information content (AvgIpc) is 2.09. The highest BCUT2D eigenvalue weighted by atomic mass is 79.9. The summed E-state index contributed by atoms with van der Waals surface area (Å²) in [5.74, 6) is 0. The van der Waals surface area contributed by atoms with E-state index < -0.39 is 0 Å². The van der Waals surface area contributed by atoms with E-state index >= 15 is 0 Å². The number of thioether (sulfide) groups is 1. The Balaban J connectivity index is 2.69. The second kappa shape index (κ2) is 4.79. The molecule has 0 saturated carbocycles. The lowest BCUT2D eigenvalue weighted by atomic mass is 10.5. The van der Waals surface area contributed by atoms with Crippen LogP contribution in [0.5, 0.6) is 0 Å². The molecule has 0 amide bonds. The van der Waals surface area contributed by atoms with E-state index in [1.165, 1.54) is 18.1 Å². The lowest BCUT2D eigenvalue weighted by Gasteiger charge is -2.06. The number of hydrogen-bond acceptors (Lipinski definition) is 4. The third kappa shape index (κ3) is 2.73.